The number of rotatable bonds is 11. The number of piperidine rings is 1. The van der Waals surface area contributed by atoms with E-state index in [1.165, 1.54) is 0 Å². The Labute approximate surface area is 245 Å². The lowest BCUT2D eigenvalue weighted by Crippen LogP contribution is -2.41. The fraction of sp³-hybridized carbons (Fsp3) is 0.344. The summed E-state index contributed by atoms with van der Waals surface area (Å²) in [6.07, 6.45) is 7.42. The second-order valence-electron chi connectivity index (χ2n) is 10.9. The summed E-state index contributed by atoms with van der Waals surface area (Å²) in [5.74, 6) is 3.11. The Morgan fingerprint density at radius 1 is 1.07 bits per heavy atom. The predicted octanol–water partition coefficient (Wildman–Crippen LogP) is 5.78. The van der Waals surface area contributed by atoms with Gasteiger partial charge in [-0.3, -0.25) is 9.78 Å². The molecule has 1 aliphatic heterocycles. The number of ether oxygens (including phenoxy) is 2. The maximum atomic E-state index is 11.6. The van der Waals surface area contributed by atoms with Gasteiger partial charge < -0.3 is 24.8 Å². The van der Waals surface area contributed by atoms with Gasteiger partial charge in [-0.05, 0) is 69.9 Å². The number of anilines is 3. The molecule has 1 aliphatic rings. The van der Waals surface area contributed by atoms with Crippen LogP contribution in [0.1, 0.15) is 39.2 Å². The van der Waals surface area contributed by atoms with Gasteiger partial charge in [0.25, 0.3) is 0 Å². The molecule has 0 aliphatic carbocycles. The number of carboxylic acid groups (broad SMARTS) is 1. The van der Waals surface area contributed by atoms with Crippen molar-refractivity contribution in [1.29, 1.82) is 0 Å². The smallest absolute Gasteiger partial charge is 0.309 e. The Bertz CT molecular complexity index is 1530. The van der Waals surface area contributed by atoms with Crippen LogP contribution in [0.4, 0.5) is 17.5 Å². The van der Waals surface area contributed by atoms with Crippen LogP contribution in [0, 0.1) is 5.41 Å². The predicted molar refractivity (Wildman–Crippen MR) is 161 cm³/mol. The first-order valence-corrected chi connectivity index (χ1v) is 14.2. The molecule has 5 rings (SSSR count). The highest BCUT2D eigenvalue weighted by molar-refractivity contribution is 5.74. The number of aliphatic carboxylic acids is 1. The van der Waals surface area contributed by atoms with Crippen LogP contribution >= 0.6 is 0 Å². The number of para-hydroxylation sites is 2. The molecule has 1 fully saturated rings. The molecule has 0 spiro atoms. The normalized spacial score (nSPS) is 15.2. The van der Waals surface area contributed by atoms with Gasteiger partial charge in [-0.25, -0.2) is 15.0 Å². The van der Waals surface area contributed by atoms with Crippen molar-refractivity contribution in [2.24, 2.45) is 5.41 Å². The first kappa shape index (κ1) is 28.8. The maximum Gasteiger partial charge on any atom is 0.309 e. The Morgan fingerprint density at radius 3 is 2.71 bits per heavy atom. The largest absolute Gasteiger partial charge is 0.490 e. The lowest BCUT2D eigenvalue weighted by atomic mass is 9.85. The molecular formula is C32H36N6O4. The first-order chi connectivity index (χ1) is 20.3. The van der Waals surface area contributed by atoms with Crippen molar-refractivity contribution >= 4 is 23.4 Å². The Kier molecular flexibility index (Phi) is 8.80. The third-order valence-electron chi connectivity index (χ3n) is 7.09. The molecule has 1 atom stereocenters. The van der Waals surface area contributed by atoms with Gasteiger partial charge in [-0.15, -0.1) is 0 Å². The molecule has 4 aromatic rings. The molecule has 10 nitrogen and oxygen atoms in total. The summed E-state index contributed by atoms with van der Waals surface area (Å²) in [6.45, 7) is 7.53. The van der Waals surface area contributed by atoms with Crippen LogP contribution in [-0.2, 0) is 11.2 Å². The fourth-order valence-corrected chi connectivity index (χ4v) is 4.92. The fourth-order valence-electron chi connectivity index (χ4n) is 4.92. The number of hydrogen-bond donors (Lipinski definition) is 2. The van der Waals surface area contributed by atoms with E-state index in [-0.39, 0.29) is 6.10 Å². The van der Waals surface area contributed by atoms with Gasteiger partial charge in [-0.2, -0.15) is 0 Å². The minimum atomic E-state index is -0.874. The number of aromatic nitrogens is 4. The standard InChI is InChI=1S/C32H36N6O4/c1-4-41-25-12-5-6-13-26(25)42-24-11-8-16-38(21-24)29-20-33-19-28(36-29)35-27-14-15-34-30(37-27)23-10-7-9-22(17-23)18-32(2,3)31(39)40/h5-7,9-10,12-15,17,19-20,24H,4,8,11,16,18,21H2,1-3H3,(H,39,40)(H,34,35,36,37). The number of nitrogens with one attached hydrogen (secondary N) is 1. The van der Waals surface area contributed by atoms with Crippen LogP contribution in [-0.4, -0.2) is 56.8 Å². The molecule has 2 N–H and O–H groups in total. The molecular weight excluding hydrogens is 532 g/mol. The van der Waals surface area contributed by atoms with Crippen molar-refractivity contribution in [2.45, 2.75) is 46.1 Å². The van der Waals surface area contributed by atoms with Crippen LogP contribution in [0.15, 0.2) is 73.2 Å². The van der Waals surface area contributed by atoms with E-state index in [1.54, 1.807) is 38.5 Å². The summed E-state index contributed by atoms with van der Waals surface area (Å²) in [5, 5.41) is 12.8. The zero-order chi connectivity index (χ0) is 29.5. The van der Waals surface area contributed by atoms with E-state index in [2.05, 4.69) is 25.2 Å². The number of benzene rings is 2. The Balaban J connectivity index is 1.27. The zero-order valence-corrected chi connectivity index (χ0v) is 24.2. The van der Waals surface area contributed by atoms with Crippen molar-refractivity contribution < 1.29 is 19.4 Å². The minimum absolute atomic E-state index is 0.0000288. The van der Waals surface area contributed by atoms with Gasteiger partial charge in [0.2, 0.25) is 0 Å². The number of carboxylic acids is 1. The molecule has 0 radical (unpaired) electrons. The van der Waals surface area contributed by atoms with Crippen LogP contribution in [0.25, 0.3) is 11.4 Å². The van der Waals surface area contributed by atoms with Crippen molar-refractivity contribution in [1.82, 2.24) is 19.9 Å². The second kappa shape index (κ2) is 12.8. The molecule has 3 heterocycles. The molecule has 1 saturated heterocycles. The summed E-state index contributed by atoms with van der Waals surface area (Å²) in [6, 6.07) is 17.2. The SMILES string of the molecule is CCOc1ccccc1OC1CCCN(c2cncc(Nc3ccnc(-c4cccc(CC(C)(C)C(=O)O)c4)n3)n2)C1. The van der Waals surface area contributed by atoms with Gasteiger partial charge in [0.1, 0.15) is 17.7 Å². The van der Waals surface area contributed by atoms with Crippen molar-refractivity contribution in [3.05, 3.63) is 78.8 Å². The molecule has 2 aromatic heterocycles. The third kappa shape index (κ3) is 7.12. The number of nitrogens with zero attached hydrogens (tertiary/aromatic N) is 5. The van der Waals surface area contributed by atoms with Gasteiger partial charge in [-0.1, -0.05) is 30.3 Å². The Morgan fingerprint density at radius 2 is 1.90 bits per heavy atom. The second-order valence-corrected chi connectivity index (χ2v) is 10.9. The van der Waals surface area contributed by atoms with Crippen LogP contribution in [0.2, 0.25) is 0 Å². The Hall–Kier alpha value is -4.73. The molecule has 10 heteroatoms. The minimum Gasteiger partial charge on any atom is -0.490 e. The van der Waals surface area contributed by atoms with Gasteiger partial charge in [0, 0.05) is 18.3 Å². The van der Waals surface area contributed by atoms with E-state index in [0.717, 1.165) is 47.8 Å². The molecule has 1 unspecified atom stereocenters. The highest BCUT2D eigenvalue weighted by Crippen LogP contribution is 2.30. The van der Waals surface area contributed by atoms with Crippen LogP contribution in [0.5, 0.6) is 11.5 Å². The molecule has 0 bridgehead atoms. The summed E-state index contributed by atoms with van der Waals surface area (Å²) >= 11 is 0. The summed E-state index contributed by atoms with van der Waals surface area (Å²) < 4.78 is 12.1. The summed E-state index contributed by atoms with van der Waals surface area (Å²) in [7, 11) is 0. The average molecular weight is 569 g/mol. The average Bonchev–Trinajstić information content (AvgIpc) is 2.99. The van der Waals surface area contributed by atoms with Crippen LogP contribution < -0.4 is 19.7 Å². The molecule has 2 aromatic carbocycles. The van der Waals surface area contributed by atoms with E-state index < -0.39 is 11.4 Å². The van der Waals surface area contributed by atoms with Crippen molar-refractivity contribution in [2.75, 3.05) is 29.9 Å². The van der Waals surface area contributed by atoms with E-state index in [9.17, 15) is 9.90 Å². The van der Waals surface area contributed by atoms with Gasteiger partial charge >= 0.3 is 5.97 Å². The van der Waals surface area contributed by atoms with E-state index in [4.69, 9.17) is 14.5 Å². The van der Waals surface area contributed by atoms with Gasteiger partial charge in [0.15, 0.2) is 23.1 Å². The number of carbonyl (C=O) groups is 1. The van der Waals surface area contributed by atoms with Crippen molar-refractivity contribution in [3.8, 4) is 22.9 Å². The van der Waals surface area contributed by atoms with E-state index in [1.807, 2.05) is 55.5 Å². The summed E-state index contributed by atoms with van der Waals surface area (Å²) in [5.41, 5.74) is 0.842. The maximum absolute atomic E-state index is 11.6. The molecule has 42 heavy (non-hydrogen) atoms. The monoisotopic (exact) mass is 568 g/mol. The quantitative estimate of drug-likeness (QED) is 0.230. The number of hydrogen-bond acceptors (Lipinski definition) is 9. The molecule has 0 amide bonds. The topological polar surface area (TPSA) is 123 Å². The lowest BCUT2D eigenvalue weighted by Gasteiger charge is -2.33. The first-order valence-electron chi connectivity index (χ1n) is 14.2. The molecule has 218 valence electrons. The molecule has 0 saturated carbocycles. The lowest BCUT2D eigenvalue weighted by molar-refractivity contribution is -0.146. The zero-order valence-electron chi connectivity index (χ0n) is 24.2. The van der Waals surface area contributed by atoms with Crippen LogP contribution in [0.3, 0.4) is 0 Å². The highest BCUT2D eigenvalue weighted by atomic mass is 16.5. The van der Waals surface area contributed by atoms with Crippen molar-refractivity contribution in [3.63, 3.8) is 0 Å². The highest BCUT2D eigenvalue weighted by Gasteiger charge is 2.27. The van der Waals surface area contributed by atoms with Gasteiger partial charge in [0.05, 0.1) is 31.0 Å². The summed E-state index contributed by atoms with van der Waals surface area (Å²) in [4.78, 5) is 32.1. The van der Waals surface area contributed by atoms with E-state index in [0.29, 0.717) is 37.0 Å². The third-order valence-corrected chi connectivity index (χ3v) is 7.09. The van der Waals surface area contributed by atoms with E-state index >= 15 is 0 Å².